The summed E-state index contributed by atoms with van der Waals surface area (Å²) in [7, 11) is 0. The van der Waals surface area contributed by atoms with Crippen molar-refractivity contribution in [1.82, 2.24) is 5.32 Å². The van der Waals surface area contributed by atoms with Crippen LogP contribution in [-0.2, 0) is 14.3 Å². The Hall–Kier alpha value is -1.52. The number of alkyl halides is 2. The molecule has 0 aromatic heterocycles. The van der Waals surface area contributed by atoms with Gasteiger partial charge in [-0.25, -0.2) is 18.4 Å². The molecule has 0 heterocycles. The Balaban J connectivity index is 4.42. The molecule has 0 radical (unpaired) electrons. The number of nitrogens with two attached hydrogens (primary N) is 1. The highest BCUT2D eigenvalue weighted by atomic mass is 19.3. The largest absolute Gasteiger partial charge is 0.461 e. The maximum atomic E-state index is 13.1. The van der Waals surface area contributed by atoms with Gasteiger partial charge in [0, 0.05) is 6.54 Å². The van der Waals surface area contributed by atoms with Gasteiger partial charge in [-0.3, -0.25) is 0 Å². The molecule has 5 N–H and O–H groups in total. The summed E-state index contributed by atoms with van der Waals surface area (Å²) in [5, 5.41) is 20.0. The van der Waals surface area contributed by atoms with Gasteiger partial charge >= 0.3 is 12.1 Å². The summed E-state index contributed by atoms with van der Waals surface area (Å²) < 4.78 is 35.7. The summed E-state index contributed by atoms with van der Waals surface area (Å²) in [5.74, 6) is -1.39. The average Bonchev–Trinajstić information content (AvgIpc) is 2.46. The van der Waals surface area contributed by atoms with Crippen LogP contribution in [0.1, 0.15) is 33.6 Å². The zero-order valence-corrected chi connectivity index (χ0v) is 14.1. The standard InChI is InChI=1S/C14H26F2N2O6/c1-13(2,3)24-12(22)18-6-4-5-14(17,10(15)16)11(21)23-8-9(20)7-19/h9-10,19-20H,4-8,17H2,1-3H3,(H,18,22). The van der Waals surface area contributed by atoms with Crippen molar-refractivity contribution in [2.45, 2.75) is 57.3 Å². The van der Waals surface area contributed by atoms with Gasteiger partial charge in [-0.1, -0.05) is 0 Å². The number of rotatable bonds is 9. The van der Waals surface area contributed by atoms with Gasteiger partial charge in [0.15, 0.2) is 5.54 Å². The SMILES string of the molecule is CC(C)(C)OC(=O)NCCCC(N)(C(=O)OCC(O)CO)C(F)F. The molecule has 0 aromatic carbocycles. The molecule has 0 aromatic rings. The van der Waals surface area contributed by atoms with E-state index in [1.807, 2.05) is 0 Å². The second-order valence-corrected chi connectivity index (χ2v) is 6.31. The first-order valence-electron chi connectivity index (χ1n) is 7.42. The third kappa shape index (κ3) is 8.37. The number of carbonyl (C=O) groups is 2. The summed E-state index contributed by atoms with van der Waals surface area (Å²) in [6, 6.07) is 0. The number of nitrogens with one attached hydrogen (secondary N) is 1. The molecule has 8 nitrogen and oxygen atoms in total. The molecule has 2 unspecified atom stereocenters. The van der Waals surface area contributed by atoms with Gasteiger partial charge in [-0.05, 0) is 33.6 Å². The summed E-state index contributed by atoms with van der Waals surface area (Å²) in [5.41, 5.74) is 2.16. The van der Waals surface area contributed by atoms with Crippen molar-refractivity contribution in [3.8, 4) is 0 Å². The fourth-order valence-corrected chi connectivity index (χ4v) is 1.54. The van der Waals surface area contributed by atoms with Crippen LogP contribution in [0.25, 0.3) is 0 Å². The first-order chi connectivity index (χ1) is 10.9. The minimum Gasteiger partial charge on any atom is -0.461 e. The molecule has 1 amide bonds. The lowest BCUT2D eigenvalue weighted by molar-refractivity contribution is -0.160. The summed E-state index contributed by atoms with van der Waals surface area (Å²) in [6.07, 6.45) is -5.75. The molecule has 0 aliphatic heterocycles. The summed E-state index contributed by atoms with van der Waals surface area (Å²) in [4.78, 5) is 23.1. The molecule has 0 aliphatic rings. The van der Waals surface area contributed by atoms with Gasteiger partial charge in [-0.15, -0.1) is 0 Å². The van der Waals surface area contributed by atoms with Crippen LogP contribution in [0.15, 0.2) is 0 Å². The van der Waals surface area contributed by atoms with Crippen molar-refractivity contribution in [3.63, 3.8) is 0 Å². The van der Waals surface area contributed by atoms with E-state index in [0.717, 1.165) is 0 Å². The Morgan fingerprint density at radius 3 is 2.33 bits per heavy atom. The van der Waals surface area contributed by atoms with Crippen molar-refractivity contribution < 1.29 is 38.1 Å². The van der Waals surface area contributed by atoms with E-state index in [9.17, 15) is 18.4 Å². The maximum Gasteiger partial charge on any atom is 0.407 e. The van der Waals surface area contributed by atoms with Gasteiger partial charge in [0.05, 0.1) is 6.61 Å². The number of aliphatic hydroxyl groups excluding tert-OH is 2. The third-order valence-corrected chi connectivity index (χ3v) is 2.82. The van der Waals surface area contributed by atoms with Gasteiger partial charge in [0.1, 0.15) is 18.3 Å². The molecule has 142 valence electrons. The second kappa shape index (κ2) is 9.70. The molecule has 0 fully saturated rings. The monoisotopic (exact) mass is 356 g/mol. The van der Waals surface area contributed by atoms with Crippen LogP contribution in [0.4, 0.5) is 13.6 Å². The number of hydrogen-bond acceptors (Lipinski definition) is 7. The fraction of sp³-hybridized carbons (Fsp3) is 0.857. The fourth-order valence-electron chi connectivity index (χ4n) is 1.54. The molecule has 2 atom stereocenters. The average molecular weight is 356 g/mol. The van der Waals surface area contributed by atoms with Crippen molar-refractivity contribution in [3.05, 3.63) is 0 Å². The van der Waals surface area contributed by atoms with E-state index in [4.69, 9.17) is 20.7 Å². The van der Waals surface area contributed by atoms with E-state index < -0.39 is 55.4 Å². The maximum absolute atomic E-state index is 13.1. The highest BCUT2D eigenvalue weighted by Gasteiger charge is 2.44. The van der Waals surface area contributed by atoms with Crippen molar-refractivity contribution in [2.75, 3.05) is 19.8 Å². The van der Waals surface area contributed by atoms with E-state index in [1.54, 1.807) is 20.8 Å². The number of alkyl carbamates (subject to hydrolysis) is 1. The molecule has 24 heavy (non-hydrogen) atoms. The molecular weight excluding hydrogens is 330 g/mol. The first kappa shape index (κ1) is 22.5. The quantitative estimate of drug-likeness (QED) is 0.342. The Morgan fingerprint density at radius 1 is 1.29 bits per heavy atom. The van der Waals surface area contributed by atoms with Crippen LogP contribution < -0.4 is 11.1 Å². The topological polar surface area (TPSA) is 131 Å². The molecule has 0 aliphatic carbocycles. The van der Waals surface area contributed by atoms with Gasteiger partial charge < -0.3 is 30.7 Å². The predicted molar refractivity (Wildman–Crippen MR) is 80.4 cm³/mol. The zero-order chi connectivity index (χ0) is 19.0. The number of aliphatic hydroxyl groups is 2. The van der Waals surface area contributed by atoms with Crippen molar-refractivity contribution in [1.29, 1.82) is 0 Å². The second-order valence-electron chi connectivity index (χ2n) is 6.31. The smallest absolute Gasteiger partial charge is 0.407 e. The Bertz CT molecular complexity index is 417. The number of amides is 1. The van der Waals surface area contributed by atoms with Crippen LogP contribution in [0, 0.1) is 0 Å². The van der Waals surface area contributed by atoms with E-state index in [0.29, 0.717) is 0 Å². The Morgan fingerprint density at radius 2 is 1.88 bits per heavy atom. The molecule has 0 saturated carbocycles. The van der Waals surface area contributed by atoms with Crippen LogP contribution >= 0.6 is 0 Å². The number of ether oxygens (including phenoxy) is 2. The summed E-state index contributed by atoms with van der Waals surface area (Å²) >= 11 is 0. The number of hydrogen-bond donors (Lipinski definition) is 4. The van der Waals surface area contributed by atoms with Crippen LogP contribution in [0.5, 0.6) is 0 Å². The molecule has 10 heteroatoms. The van der Waals surface area contributed by atoms with Gasteiger partial charge in [-0.2, -0.15) is 0 Å². The Labute approximate surface area is 139 Å². The lowest BCUT2D eigenvalue weighted by Crippen LogP contribution is -2.55. The van der Waals surface area contributed by atoms with Crippen molar-refractivity contribution >= 4 is 12.1 Å². The molecule has 0 saturated heterocycles. The number of halogens is 2. The summed E-state index contributed by atoms with van der Waals surface area (Å²) in [6.45, 7) is 3.67. The minimum absolute atomic E-state index is 0.0161. The normalized spacial score (nSPS) is 15.5. The Kier molecular flexibility index (Phi) is 9.08. The van der Waals surface area contributed by atoms with E-state index in [1.165, 1.54) is 0 Å². The first-order valence-corrected chi connectivity index (χ1v) is 7.42. The van der Waals surface area contributed by atoms with E-state index in [2.05, 4.69) is 10.1 Å². The van der Waals surface area contributed by atoms with Gasteiger partial charge in [0.2, 0.25) is 0 Å². The van der Waals surface area contributed by atoms with E-state index in [-0.39, 0.29) is 13.0 Å². The lowest BCUT2D eigenvalue weighted by Gasteiger charge is -2.27. The highest BCUT2D eigenvalue weighted by Crippen LogP contribution is 2.21. The highest BCUT2D eigenvalue weighted by molar-refractivity contribution is 5.81. The lowest BCUT2D eigenvalue weighted by atomic mass is 9.95. The van der Waals surface area contributed by atoms with Crippen LogP contribution in [0.2, 0.25) is 0 Å². The van der Waals surface area contributed by atoms with Crippen molar-refractivity contribution in [2.24, 2.45) is 5.73 Å². The third-order valence-electron chi connectivity index (χ3n) is 2.82. The van der Waals surface area contributed by atoms with Gasteiger partial charge in [0.25, 0.3) is 6.43 Å². The molecule has 0 spiro atoms. The predicted octanol–water partition coefficient (Wildman–Crippen LogP) is 0.150. The molecule has 0 rings (SSSR count). The van der Waals surface area contributed by atoms with Crippen LogP contribution in [0.3, 0.4) is 0 Å². The molecular formula is C14H26F2N2O6. The minimum atomic E-state index is -3.20. The van der Waals surface area contributed by atoms with Crippen LogP contribution in [-0.4, -0.2) is 65.7 Å². The van der Waals surface area contributed by atoms with E-state index >= 15 is 0 Å². The number of carbonyl (C=O) groups excluding carboxylic acids is 2. The molecule has 0 bridgehead atoms. The zero-order valence-electron chi connectivity index (χ0n) is 14.1. The number of esters is 1.